The van der Waals surface area contributed by atoms with Crippen molar-refractivity contribution in [2.45, 2.75) is 17.4 Å². The summed E-state index contributed by atoms with van der Waals surface area (Å²) in [5.74, 6) is -0.0211. The second-order valence-corrected chi connectivity index (χ2v) is 7.17. The van der Waals surface area contributed by atoms with Crippen LogP contribution in [0.25, 0.3) is 11.5 Å². The van der Waals surface area contributed by atoms with E-state index in [2.05, 4.69) is 15.5 Å². The monoisotopic (exact) mass is 404 g/mol. The van der Waals surface area contributed by atoms with Crippen LogP contribution >= 0.6 is 23.4 Å². The lowest BCUT2D eigenvalue weighted by Gasteiger charge is -2.09. The van der Waals surface area contributed by atoms with Crippen molar-refractivity contribution in [1.29, 1.82) is 0 Å². The van der Waals surface area contributed by atoms with E-state index < -0.39 is 10.2 Å². The number of anilines is 1. The molecule has 0 bridgehead atoms. The molecule has 0 radical (unpaired) electrons. The van der Waals surface area contributed by atoms with Gasteiger partial charge in [0.1, 0.15) is 0 Å². The highest BCUT2D eigenvalue weighted by Gasteiger charge is 2.19. The Bertz CT molecular complexity index is 977. The lowest BCUT2D eigenvalue weighted by atomic mass is 10.2. The van der Waals surface area contributed by atoms with Crippen molar-refractivity contribution in [3.8, 4) is 11.5 Å². The van der Waals surface area contributed by atoms with E-state index in [1.54, 1.807) is 31.2 Å². The SMILES string of the molecule is C[C@@H](Sc1nnc(-c2ccc([N+](=O)[O-])cc2)o1)C(=O)Nc1cccc(Cl)c1. The van der Waals surface area contributed by atoms with E-state index in [-0.39, 0.29) is 22.7 Å². The van der Waals surface area contributed by atoms with E-state index in [0.29, 0.717) is 16.3 Å². The molecule has 0 aliphatic rings. The van der Waals surface area contributed by atoms with Crippen molar-refractivity contribution < 1.29 is 14.1 Å². The average molecular weight is 405 g/mol. The summed E-state index contributed by atoms with van der Waals surface area (Å²) in [4.78, 5) is 22.5. The molecule has 0 saturated carbocycles. The van der Waals surface area contributed by atoms with E-state index in [0.717, 1.165) is 11.8 Å². The van der Waals surface area contributed by atoms with Crippen LogP contribution in [0.2, 0.25) is 5.02 Å². The second-order valence-electron chi connectivity index (χ2n) is 5.44. The van der Waals surface area contributed by atoms with Gasteiger partial charge in [-0.05, 0) is 37.3 Å². The van der Waals surface area contributed by atoms with Gasteiger partial charge in [-0.3, -0.25) is 14.9 Å². The van der Waals surface area contributed by atoms with Gasteiger partial charge in [0.15, 0.2) is 0 Å². The molecule has 1 atom stereocenters. The number of nitrogens with zero attached hydrogens (tertiary/aromatic N) is 3. The highest BCUT2D eigenvalue weighted by molar-refractivity contribution is 8.00. The minimum atomic E-state index is -0.492. The first kappa shape index (κ1) is 18.9. The Kier molecular flexibility index (Phi) is 5.72. The summed E-state index contributed by atoms with van der Waals surface area (Å²) in [5.41, 5.74) is 1.12. The predicted octanol–water partition coefficient (Wildman–Crippen LogP) is 4.42. The first-order valence-electron chi connectivity index (χ1n) is 7.74. The van der Waals surface area contributed by atoms with Crippen LogP contribution in [0.3, 0.4) is 0 Å². The Morgan fingerprint density at radius 2 is 2.00 bits per heavy atom. The normalized spacial score (nSPS) is 11.8. The van der Waals surface area contributed by atoms with Crippen molar-refractivity contribution >= 4 is 40.6 Å². The number of non-ortho nitro benzene ring substituents is 1. The molecular weight excluding hydrogens is 392 g/mol. The number of carbonyl (C=O) groups is 1. The molecule has 1 aromatic heterocycles. The molecule has 10 heteroatoms. The molecule has 0 fully saturated rings. The number of thioether (sulfide) groups is 1. The zero-order chi connectivity index (χ0) is 19.4. The lowest BCUT2D eigenvalue weighted by molar-refractivity contribution is -0.384. The van der Waals surface area contributed by atoms with Gasteiger partial charge in [0.25, 0.3) is 10.9 Å². The second kappa shape index (κ2) is 8.19. The minimum absolute atomic E-state index is 0.0285. The first-order valence-corrected chi connectivity index (χ1v) is 8.99. The molecule has 1 heterocycles. The third-order valence-electron chi connectivity index (χ3n) is 3.47. The van der Waals surface area contributed by atoms with Crippen LogP contribution in [-0.4, -0.2) is 26.3 Å². The van der Waals surface area contributed by atoms with Gasteiger partial charge in [0.05, 0.1) is 10.2 Å². The van der Waals surface area contributed by atoms with Crippen LogP contribution in [0.1, 0.15) is 6.92 Å². The minimum Gasteiger partial charge on any atom is -0.411 e. The molecule has 2 aromatic carbocycles. The molecule has 0 aliphatic carbocycles. The number of halogens is 1. The molecule has 1 amide bonds. The molecule has 1 N–H and O–H groups in total. The third-order valence-corrected chi connectivity index (χ3v) is 4.64. The fraction of sp³-hybridized carbons (Fsp3) is 0.118. The van der Waals surface area contributed by atoms with Crippen LogP contribution in [-0.2, 0) is 4.79 Å². The van der Waals surface area contributed by atoms with Gasteiger partial charge >= 0.3 is 0 Å². The van der Waals surface area contributed by atoms with Gasteiger partial charge in [0.2, 0.25) is 11.8 Å². The Morgan fingerprint density at radius 1 is 1.26 bits per heavy atom. The Balaban J connectivity index is 1.64. The van der Waals surface area contributed by atoms with E-state index in [4.69, 9.17) is 16.0 Å². The topological polar surface area (TPSA) is 111 Å². The van der Waals surface area contributed by atoms with Crippen molar-refractivity contribution in [2.75, 3.05) is 5.32 Å². The molecular formula is C17H13ClN4O4S. The number of nitrogens with one attached hydrogen (secondary N) is 1. The van der Waals surface area contributed by atoms with Gasteiger partial charge in [-0.15, -0.1) is 10.2 Å². The molecule has 3 rings (SSSR count). The smallest absolute Gasteiger partial charge is 0.277 e. The van der Waals surface area contributed by atoms with Crippen LogP contribution in [0.5, 0.6) is 0 Å². The van der Waals surface area contributed by atoms with Crippen molar-refractivity contribution in [3.63, 3.8) is 0 Å². The highest BCUT2D eigenvalue weighted by Crippen LogP contribution is 2.28. The fourth-order valence-electron chi connectivity index (χ4n) is 2.11. The zero-order valence-electron chi connectivity index (χ0n) is 14.0. The van der Waals surface area contributed by atoms with E-state index >= 15 is 0 Å². The van der Waals surface area contributed by atoms with Gasteiger partial charge in [0, 0.05) is 28.4 Å². The van der Waals surface area contributed by atoms with Crippen LogP contribution in [0.15, 0.2) is 58.2 Å². The summed E-state index contributed by atoms with van der Waals surface area (Å²) in [6.07, 6.45) is 0. The maximum atomic E-state index is 12.3. The Morgan fingerprint density at radius 3 is 2.67 bits per heavy atom. The number of amides is 1. The first-order chi connectivity index (χ1) is 12.9. The zero-order valence-corrected chi connectivity index (χ0v) is 15.5. The maximum Gasteiger partial charge on any atom is 0.277 e. The number of benzene rings is 2. The lowest BCUT2D eigenvalue weighted by Crippen LogP contribution is -2.22. The summed E-state index contributed by atoms with van der Waals surface area (Å²) in [6, 6.07) is 12.6. The van der Waals surface area contributed by atoms with Crippen molar-refractivity contribution in [3.05, 3.63) is 63.7 Å². The average Bonchev–Trinajstić information content (AvgIpc) is 3.10. The molecule has 0 aliphatic heterocycles. The number of nitro benzene ring substituents is 1. The molecule has 27 heavy (non-hydrogen) atoms. The molecule has 138 valence electrons. The van der Waals surface area contributed by atoms with Gasteiger partial charge in [-0.1, -0.05) is 29.4 Å². The number of carbonyl (C=O) groups excluding carboxylic acids is 1. The van der Waals surface area contributed by atoms with Crippen LogP contribution < -0.4 is 5.32 Å². The van der Waals surface area contributed by atoms with Crippen LogP contribution in [0, 0.1) is 10.1 Å². The Labute approximate surface area is 163 Å². The molecule has 0 saturated heterocycles. The Hall–Kier alpha value is -2.91. The summed E-state index contributed by atoms with van der Waals surface area (Å²) in [7, 11) is 0. The van der Waals surface area contributed by atoms with Gasteiger partial charge < -0.3 is 9.73 Å². The fourth-order valence-corrected chi connectivity index (χ4v) is 2.99. The maximum absolute atomic E-state index is 12.3. The number of aromatic nitrogens is 2. The molecule has 8 nitrogen and oxygen atoms in total. The van der Waals surface area contributed by atoms with E-state index in [1.807, 2.05) is 0 Å². The third kappa shape index (κ3) is 4.83. The number of hydrogen-bond acceptors (Lipinski definition) is 7. The summed E-state index contributed by atoms with van der Waals surface area (Å²) in [5, 5.41) is 21.5. The van der Waals surface area contributed by atoms with Crippen molar-refractivity contribution in [2.24, 2.45) is 0 Å². The highest BCUT2D eigenvalue weighted by atomic mass is 35.5. The summed E-state index contributed by atoms with van der Waals surface area (Å²) >= 11 is 7.00. The standard InChI is InChI=1S/C17H13ClN4O4S/c1-10(15(23)19-13-4-2-3-12(18)9-13)27-17-21-20-16(26-17)11-5-7-14(8-6-11)22(24)25/h2-10H,1H3,(H,19,23)/t10-/m1/s1. The van der Waals surface area contributed by atoms with Crippen molar-refractivity contribution in [1.82, 2.24) is 10.2 Å². The van der Waals surface area contributed by atoms with E-state index in [1.165, 1.54) is 24.3 Å². The van der Waals surface area contributed by atoms with Gasteiger partial charge in [-0.25, -0.2) is 0 Å². The molecule has 3 aromatic rings. The summed E-state index contributed by atoms with van der Waals surface area (Å²) < 4.78 is 5.53. The predicted molar refractivity (Wildman–Crippen MR) is 102 cm³/mol. The number of nitro groups is 1. The molecule has 0 spiro atoms. The quantitative estimate of drug-likeness (QED) is 0.367. The van der Waals surface area contributed by atoms with Gasteiger partial charge in [-0.2, -0.15) is 0 Å². The van der Waals surface area contributed by atoms with Crippen LogP contribution in [0.4, 0.5) is 11.4 Å². The van der Waals surface area contributed by atoms with E-state index in [9.17, 15) is 14.9 Å². The number of rotatable bonds is 6. The largest absolute Gasteiger partial charge is 0.411 e. The summed E-state index contributed by atoms with van der Waals surface area (Å²) in [6.45, 7) is 1.71. The number of hydrogen-bond donors (Lipinski definition) is 1. The molecule has 0 unspecified atom stereocenters.